The van der Waals surface area contributed by atoms with E-state index >= 15 is 0 Å². The molecule has 0 spiro atoms. The minimum Gasteiger partial charge on any atom is -0.381 e. The van der Waals surface area contributed by atoms with Crippen molar-refractivity contribution in [1.29, 1.82) is 0 Å². The van der Waals surface area contributed by atoms with Gasteiger partial charge in [0.05, 0.1) is 5.01 Å². The van der Waals surface area contributed by atoms with Crippen LogP contribution in [0.4, 0.5) is 5.82 Å². The molecule has 0 aliphatic rings. The molecule has 0 aliphatic carbocycles. The molecule has 2 heterocycles. The first-order valence-corrected chi connectivity index (χ1v) is 7.38. The standard InChI is InChI=1S/C9H13N5O2S2/c1-6-11-3-7(17-6)4-12-18(15,16)8-5-14(2)13-9(8)10/h3,5,12H,4H2,1-2H3,(H2,10,13). The smallest absolute Gasteiger partial charge is 0.246 e. The average Bonchev–Trinajstić information content (AvgIpc) is 2.82. The number of aryl methyl sites for hydroxylation is 2. The molecule has 2 aromatic heterocycles. The van der Waals surface area contributed by atoms with E-state index < -0.39 is 10.0 Å². The summed E-state index contributed by atoms with van der Waals surface area (Å²) in [7, 11) is -2.03. The summed E-state index contributed by atoms with van der Waals surface area (Å²) in [6.45, 7) is 2.06. The fourth-order valence-corrected chi connectivity index (χ4v) is 3.36. The average molecular weight is 287 g/mol. The minimum atomic E-state index is -3.64. The summed E-state index contributed by atoms with van der Waals surface area (Å²) < 4.78 is 27.8. The molecule has 7 nitrogen and oxygen atoms in total. The summed E-state index contributed by atoms with van der Waals surface area (Å²) in [5.74, 6) is -0.00881. The van der Waals surface area contributed by atoms with Crippen molar-refractivity contribution in [2.24, 2.45) is 7.05 Å². The number of hydrogen-bond acceptors (Lipinski definition) is 6. The van der Waals surface area contributed by atoms with Crippen LogP contribution in [-0.2, 0) is 23.6 Å². The van der Waals surface area contributed by atoms with Crippen molar-refractivity contribution in [3.8, 4) is 0 Å². The van der Waals surface area contributed by atoms with E-state index in [1.54, 1.807) is 13.2 Å². The zero-order valence-electron chi connectivity index (χ0n) is 9.91. The SMILES string of the molecule is Cc1ncc(CNS(=O)(=O)c2cn(C)nc2N)s1. The summed E-state index contributed by atoms with van der Waals surface area (Å²) in [6.07, 6.45) is 3.02. The maximum Gasteiger partial charge on any atom is 0.246 e. The lowest BCUT2D eigenvalue weighted by molar-refractivity contribution is 0.582. The van der Waals surface area contributed by atoms with E-state index in [9.17, 15) is 8.42 Å². The van der Waals surface area contributed by atoms with E-state index in [1.807, 2.05) is 6.92 Å². The zero-order chi connectivity index (χ0) is 13.3. The number of nitrogen functional groups attached to an aromatic ring is 1. The van der Waals surface area contributed by atoms with Crippen molar-refractivity contribution in [2.75, 3.05) is 5.73 Å². The molecular weight excluding hydrogens is 274 g/mol. The molecule has 0 bridgehead atoms. The van der Waals surface area contributed by atoms with Crippen LogP contribution in [0, 0.1) is 6.92 Å². The van der Waals surface area contributed by atoms with Gasteiger partial charge in [-0.05, 0) is 6.92 Å². The quantitative estimate of drug-likeness (QED) is 0.839. The third kappa shape index (κ3) is 2.68. The Morgan fingerprint density at radius 3 is 2.78 bits per heavy atom. The van der Waals surface area contributed by atoms with Gasteiger partial charge in [-0.2, -0.15) is 5.10 Å². The van der Waals surface area contributed by atoms with Crippen LogP contribution in [-0.4, -0.2) is 23.2 Å². The molecule has 0 radical (unpaired) electrons. The van der Waals surface area contributed by atoms with Crippen molar-refractivity contribution < 1.29 is 8.42 Å². The van der Waals surface area contributed by atoms with Crippen LogP contribution in [0.2, 0.25) is 0 Å². The van der Waals surface area contributed by atoms with Gasteiger partial charge in [-0.1, -0.05) is 0 Å². The van der Waals surface area contributed by atoms with Gasteiger partial charge in [0, 0.05) is 30.9 Å². The molecule has 0 unspecified atom stereocenters. The number of hydrogen-bond donors (Lipinski definition) is 2. The molecule has 2 rings (SSSR count). The van der Waals surface area contributed by atoms with E-state index in [0.29, 0.717) is 0 Å². The number of nitrogens with one attached hydrogen (secondary N) is 1. The molecule has 18 heavy (non-hydrogen) atoms. The van der Waals surface area contributed by atoms with Crippen LogP contribution in [0.3, 0.4) is 0 Å². The van der Waals surface area contributed by atoms with E-state index in [-0.39, 0.29) is 17.3 Å². The third-order valence-electron chi connectivity index (χ3n) is 2.22. The van der Waals surface area contributed by atoms with Gasteiger partial charge < -0.3 is 5.73 Å². The highest BCUT2D eigenvalue weighted by Crippen LogP contribution is 2.17. The third-order valence-corrected chi connectivity index (χ3v) is 4.55. The minimum absolute atomic E-state index is 0.00811. The molecular formula is C9H13N5O2S2. The van der Waals surface area contributed by atoms with Crippen LogP contribution in [0.1, 0.15) is 9.88 Å². The number of nitrogens with two attached hydrogens (primary N) is 1. The molecule has 98 valence electrons. The Hall–Kier alpha value is -1.45. The van der Waals surface area contributed by atoms with Gasteiger partial charge in [-0.25, -0.2) is 18.1 Å². The molecule has 2 aromatic rings. The Morgan fingerprint density at radius 2 is 2.28 bits per heavy atom. The predicted octanol–water partition coefficient (Wildman–Crippen LogP) is 0.246. The Morgan fingerprint density at radius 1 is 1.56 bits per heavy atom. The number of thiazole rings is 1. The van der Waals surface area contributed by atoms with Crippen LogP contribution < -0.4 is 10.5 Å². The first-order valence-electron chi connectivity index (χ1n) is 5.08. The summed E-state index contributed by atoms with van der Waals surface area (Å²) in [5.41, 5.74) is 5.54. The van der Waals surface area contributed by atoms with Crippen molar-refractivity contribution in [3.63, 3.8) is 0 Å². The van der Waals surface area contributed by atoms with Crippen molar-refractivity contribution >= 4 is 27.2 Å². The van der Waals surface area contributed by atoms with Gasteiger partial charge in [0.25, 0.3) is 0 Å². The summed E-state index contributed by atoms with van der Waals surface area (Å²) >= 11 is 1.44. The number of rotatable bonds is 4. The Labute approximate surface area is 109 Å². The number of sulfonamides is 1. The molecule has 0 aromatic carbocycles. The molecule has 0 amide bonds. The molecule has 3 N–H and O–H groups in total. The first kappa shape index (κ1) is 13.0. The maximum absolute atomic E-state index is 12.0. The van der Waals surface area contributed by atoms with Gasteiger partial charge in [0.1, 0.15) is 4.90 Å². The lowest BCUT2D eigenvalue weighted by atomic mass is 10.6. The first-order chi connectivity index (χ1) is 8.38. The largest absolute Gasteiger partial charge is 0.381 e. The second-order valence-electron chi connectivity index (χ2n) is 3.72. The number of aromatic nitrogens is 3. The number of anilines is 1. The molecule has 0 fully saturated rings. The lowest BCUT2D eigenvalue weighted by Crippen LogP contribution is -2.23. The van der Waals surface area contributed by atoms with E-state index in [2.05, 4.69) is 14.8 Å². The molecule has 9 heteroatoms. The summed E-state index contributed by atoms with van der Waals surface area (Å²) in [5, 5.41) is 4.70. The van der Waals surface area contributed by atoms with Gasteiger partial charge in [0.15, 0.2) is 5.82 Å². The molecule has 0 saturated heterocycles. The second kappa shape index (κ2) is 4.67. The molecule has 0 saturated carbocycles. The van der Waals surface area contributed by atoms with Crippen LogP contribution in [0.5, 0.6) is 0 Å². The number of nitrogens with zero attached hydrogens (tertiary/aromatic N) is 3. The van der Waals surface area contributed by atoms with Crippen molar-refractivity contribution in [2.45, 2.75) is 18.4 Å². The molecule has 0 aliphatic heterocycles. The topological polar surface area (TPSA) is 103 Å². The van der Waals surface area contributed by atoms with Crippen LogP contribution in [0.15, 0.2) is 17.3 Å². The summed E-state index contributed by atoms with van der Waals surface area (Å²) in [4.78, 5) is 4.89. The van der Waals surface area contributed by atoms with Gasteiger partial charge >= 0.3 is 0 Å². The fraction of sp³-hybridized carbons (Fsp3) is 0.333. The van der Waals surface area contributed by atoms with E-state index in [0.717, 1.165) is 9.88 Å². The van der Waals surface area contributed by atoms with E-state index in [1.165, 1.54) is 22.2 Å². The second-order valence-corrected chi connectivity index (χ2v) is 6.78. The molecule has 0 atom stereocenters. The predicted molar refractivity (Wildman–Crippen MR) is 68.5 cm³/mol. The Balaban J connectivity index is 2.15. The highest BCUT2D eigenvalue weighted by molar-refractivity contribution is 7.89. The van der Waals surface area contributed by atoms with Gasteiger partial charge in [0.2, 0.25) is 10.0 Å². The maximum atomic E-state index is 12.0. The zero-order valence-corrected chi connectivity index (χ0v) is 11.5. The normalized spacial score (nSPS) is 11.9. The van der Waals surface area contributed by atoms with Crippen molar-refractivity contribution in [1.82, 2.24) is 19.5 Å². The highest BCUT2D eigenvalue weighted by Gasteiger charge is 2.20. The lowest BCUT2D eigenvalue weighted by Gasteiger charge is -2.03. The van der Waals surface area contributed by atoms with Gasteiger partial charge in [-0.15, -0.1) is 11.3 Å². The Bertz CT molecular complexity index is 658. The van der Waals surface area contributed by atoms with Crippen LogP contribution in [0.25, 0.3) is 0 Å². The monoisotopic (exact) mass is 287 g/mol. The Kier molecular flexibility index (Phi) is 3.37. The van der Waals surface area contributed by atoms with E-state index in [4.69, 9.17) is 5.73 Å². The van der Waals surface area contributed by atoms with Crippen molar-refractivity contribution in [3.05, 3.63) is 22.3 Å². The van der Waals surface area contributed by atoms with Gasteiger partial charge in [-0.3, -0.25) is 4.68 Å². The van der Waals surface area contributed by atoms with Crippen LogP contribution >= 0.6 is 11.3 Å². The fourth-order valence-electron chi connectivity index (χ4n) is 1.42. The summed E-state index contributed by atoms with van der Waals surface area (Å²) in [6, 6.07) is 0. The highest BCUT2D eigenvalue weighted by atomic mass is 32.2.